The van der Waals surface area contributed by atoms with E-state index in [-0.39, 0.29) is 11.8 Å². The van der Waals surface area contributed by atoms with Gasteiger partial charge in [0.15, 0.2) is 0 Å². The van der Waals surface area contributed by atoms with E-state index in [1.807, 2.05) is 6.92 Å². The molecule has 1 aliphatic rings. The molecule has 78 valence electrons. The van der Waals surface area contributed by atoms with Crippen LogP contribution in [-0.2, 0) is 4.79 Å². The minimum absolute atomic E-state index is 0.0878. The second-order valence-electron chi connectivity index (χ2n) is 3.92. The van der Waals surface area contributed by atoms with Gasteiger partial charge in [-0.15, -0.1) is 18.0 Å². The first-order valence-corrected chi connectivity index (χ1v) is 5.50. The number of alkyl halides is 1. The number of rotatable bonds is 5. The molecule has 14 heavy (non-hydrogen) atoms. The van der Waals surface area contributed by atoms with Crippen LogP contribution in [0.25, 0.3) is 0 Å². The highest BCUT2D eigenvalue weighted by Gasteiger charge is 2.27. The molecule has 0 saturated heterocycles. The lowest BCUT2D eigenvalue weighted by molar-refractivity contribution is -0.133. The Morgan fingerprint density at radius 2 is 2.36 bits per heavy atom. The molecule has 1 unspecified atom stereocenters. The Kier molecular flexibility index (Phi) is 4.28. The highest BCUT2D eigenvalue weighted by Crippen LogP contribution is 2.30. The van der Waals surface area contributed by atoms with Crippen molar-refractivity contribution in [1.82, 2.24) is 4.90 Å². The SMILES string of the molecule is C#CCN(CC1CC1)C(=O)C(C)CCl. The number of hydrogen-bond acceptors (Lipinski definition) is 1. The molecule has 0 heterocycles. The van der Waals surface area contributed by atoms with Crippen molar-refractivity contribution in [3.63, 3.8) is 0 Å². The van der Waals surface area contributed by atoms with Gasteiger partial charge in [-0.05, 0) is 18.8 Å². The van der Waals surface area contributed by atoms with E-state index in [2.05, 4.69) is 5.92 Å². The monoisotopic (exact) mass is 213 g/mol. The standard InChI is InChI=1S/C11H16ClNO/c1-3-6-13(8-10-4-5-10)11(14)9(2)7-12/h1,9-10H,4-8H2,2H3. The number of halogens is 1. The van der Waals surface area contributed by atoms with Crippen LogP contribution >= 0.6 is 11.6 Å². The quantitative estimate of drug-likeness (QED) is 0.503. The highest BCUT2D eigenvalue weighted by molar-refractivity contribution is 6.19. The van der Waals surface area contributed by atoms with Crippen molar-refractivity contribution in [3.8, 4) is 12.3 Å². The van der Waals surface area contributed by atoms with Crippen LogP contribution in [-0.4, -0.2) is 29.8 Å². The molecule has 1 amide bonds. The molecule has 1 atom stereocenters. The topological polar surface area (TPSA) is 20.3 Å². The minimum atomic E-state index is -0.122. The Labute approximate surface area is 90.6 Å². The number of hydrogen-bond donors (Lipinski definition) is 0. The van der Waals surface area contributed by atoms with E-state index in [0.717, 1.165) is 6.54 Å². The molecule has 0 bridgehead atoms. The first kappa shape index (κ1) is 11.4. The molecule has 0 aromatic rings. The second-order valence-corrected chi connectivity index (χ2v) is 4.23. The van der Waals surface area contributed by atoms with E-state index >= 15 is 0 Å². The van der Waals surface area contributed by atoms with Crippen molar-refractivity contribution in [2.45, 2.75) is 19.8 Å². The first-order chi connectivity index (χ1) is 6.69. The van der Waals surface area contributed by atoms with E-state index in [0.29, 0.717) is 18.3 Å². The van der Waals surface area contributed by atoms with E-state index in [4.69, 9.17) is 18.0 Å². The zero-order valence-electron chi connectivity index (χ0n) is 8.50. The van der Waals surface area contributed by atoms with Crippen LogP contribution in [0.3, 0.4) is 0 Å². The lowest BCUT2D eigenvalue weighted by Crippen LogP contribution is -2.37. The maximum absolute atomic E-state index is 11.8. The Morgan fingerprint density at radius 3 is 2.79 bits per heavy atom. The van der Waals surface area contributed by atoms with Gasteiger partial charge in [0.25, 0.3) is 0 Å². The van der Waals surface area contributed by atoms with Crippen LogP contribution in [0.5, 0.6) is 0 Å². The van der Waals surface area contributed by atoms with Crippen LogP contribution in [0.1, 0.15) is 19.8 Å². The van der Waals surface area contributed by atoms with E-state index < -0.39 is 0 Å². The Hall–Kier alpha value is -0.680. The molecule has 0 spiro atoms. The summed E-state index contributed by atoms with van der Waals surface area (Å²) < 4.78 is 0. The third-order valence-electron chi connectivity index (χ3n) is 2.42. The molecule has 1 fully saturated rings. The zero-order valence-corrected chi connectivity index (χ0v) is 9.26. The molecular weight excluding hydrogens is 198 g/mol. The van der Waals surface area contributed by atoms with Gasteiger partial charge in [0.2, 0.25) is 5.91 Å². The van der Waals surface area contributed by atoms with Crippen molar-refractivity contribution < 1.29 is 4.79 Å². The maximum atomic E-state index is 11.8. The van der Waals surface area contributed by atoms with Gasteiger partial charge in [0.05, 0.1) is 6.54 Å². The summed E-state index contributed by atoms with van der Waals surface area (Å²) in [6.07, 6.45) is 7.68. The predicted molar refractivity (Wildman–Crippen MR) is 58.0 cm³/mol. The van der Waals surface area contributed by atoms with Crippen molar-refractivity contribution in [2.24, 2.45) is 11.8 Å². The van der Waals surface area contributed by atoms with Crippen molar-refractivity contribution in [2.75, 3.05) is 19.0 Å². The van der Waals surface area contributed by atoms with Crippen LogP contribution in [0.2, 0.25) is 0 Å². The summed E-state index contributed by atoms with van der Waals surface area (Å²) in [6.45, 7) is 3.06. The third kappa shape index (κ3) is 3.23. The Bertz CT molecular complexity index is 242. The average molecular weight is 214 g/mol. The fraction of sp³-hybridized carbons (Fsp3) is 0.727. The van der Waals surface area contributed by atoms with Gasteiger partial charge in [-0.25, -0.2) is 0 Å². The van der Waals surface area contributed by atoms with Crippen molar-refractivity contribution >= 4 is 17.5 Å². The summed E-state index contributed by atoms with van der Waals surface area (Å²) in [5, 5.41) is 0. The fourth-order valence-electron chi connectivity index (χ4n) is 1.33. The fourth-order valence-corrected chi connectivity index (χ4v) is 1.46. The first-order valence-electron chi connectivity index (χ1n) is 4.97. The number of nitrogens with zero attached hydrogens (tertiary/aromatic N) is 1. The summed E-state index contributed by atoms with van der Waals surface area (Å²) in [5.74, 6) is 3.53. The van der Waals surface area contributed by atoms with Crippen molar-refractivity contribution in [3.05, 3.63) is 0 Å². The zero-order chi connectivity index (χ0) is 10.6. The summed E-state index contributed by atoms with van der Waals surface area (Å²) in [6, 6.07) is 0. The second kappa shape index (κ2) is 5.26. The molecule has 0 aliphatic heterocycles. The molecule has 3 heteroatoms. The van der Waals surface area contributed by atoms with Gasteiger partial charge in [0.1, 0.15) is 0 Å². The van der Waals surface area contributed by atoms with E-state index in [1.165, 1.54) is 12.8 Å². The third-order valence-corrected chi connectivity index (χ3v) is 2.89. The summed E-state index contributed by atoms with van der Waals surface area (Å²) >= 11 is 5.64. The van der Waals surface area contributed by atoms with Gasteiger partial charge in [-0.1, -0.05) is 12.8 Å². The van der Waals surface area contributed by atoms with Crippen LogP contribution < -0.4 is 0 Å². The van der Waals surface area contributed by atoms with Gasteiger partial charge < -0.3 is 4.90 Å². The van der Waals surface area contributed by atoms with E-state index in [1.54, 1.807) is 4.90 Å². The van der Waals surface area contributed by atoms with Gasteiger partial charge >= 0.3 is 0 Å². The maximum Gasteiger partial charge on any atom is 0.227 e. The number of terminal acetylenes is 1. The van der Waals surface area contributed by atoms with Gasteiger partial charge in [-0.2, -0.15) is 0 Å². The molecule has 1 rings (SSSR count). The number of carbonyl (C=O) groups excluding carboxylic acids is 1. The Morgan fingerprint density at radius 1 is 1.71 bits per heavy atom. The van der Waals surface area contributed by atoms with Crippen molar-refractivity contribution in [1.29, 1.82) is 0 Å². The van der Waals surface area contributed by atoms with Gasteiger partial charge in [0, 0.05) is 18.3 Å². The van der Waals surface area contributed by atoms with Crippen LogP contribution in [0, 0.1) is 24.2 Å². The molecule has 1 saturated carbocycles. The predicted octanol–water partition coefficient (Wildman–Crippen LogP) is 1.73. The number of amides is 1. The summed E-state index contributed by atoms with van der Waals surface area (Å²) in [4.78, 5) is 13.5. The largest absolute Gasteiger partial charge is 0.331 e. The molecule has 0 aromatic carbocycles. The van der Waals surface area contributed by atoms with E-state index in [9.17, 15) is 4.79 Å². The summed E-state index contributed by atoms with van der Waals surface area (Å²) in [7, 11) is 0. The van der Waals surface area contributed by atoms with Gasteiger partial charge in [-0.3, -0.25) is 4.79 Å². The molecule has 0 radical (unpaired) electrons. The molecule has 1 aliphatic carbocycles. The smallest absolute Gasteiger partial charge is 0.227 e. The number of carbonyl (C=O) groups is 1. The lowest BCUT2D eigenvalue weighted by atomic mass is 10.2. The molecule has 0 aromatic heterocycles. The molecule has 0 N–H and O–H groups in total. The summed E-state index contributed by atoms with van der Waals surface area (Å²) in [5.41, 5.74) is 0. The van der Waals surface area contributed by atoms with Crippen LogP contribution in [0.4, 0.5) is 0 Å². The Balaban J connectivity index is 2.47. The molecular formula is C11H16ClNO. The van der Waals surface area contributed by atoms with Crippen LogP contribution in [0.15, 0.2) is 0 Å². The average Bonchev–Trinajstić information content (AvgIpc) is 2.98. The normalized spacial score (nSPS) is 17.2. The lowest BCUT2D eigenvalue weighted by Gasteiger charge is -2.22. The minimum Gasteiger partial charge on any atom is -0.331 e. The highest BCUT2D eigenvalue weighted by atomic mass is 35.5. The molecule has 2 nitrogen and oxygen atoms in total.